The Morgan fingerprint density at radius 2 is 1.83 bits per heavy atom. The second-order valence-corrected chi connectivity index (χ2v) is 4.13. The lowest BCUT2D eigenvalue weighted by Crippen LogP contribution is -1.93. The Morgan fingerprint density at radius 3 is 2.33 bits per heavy atom. The van der Waals surface area contributed by atoms with Crippen LogP contribution in [-0.2, 0) is 6.42 Å². The zero-order chi connectivity index (χ0) is 8.81. The third kappa shape index (κ3) is 2.95. The van der Waals surface area contributed by atoms with Crippen molar-refractivity contribution in [2.75, 3.05) is 6.66 Å². The fourth-order valence-corrected chi connectivity index (χ4v) is 1.72. The smallest absolute Gasteiger partial charge is 0.0274 e. The van der Waals surface area contributed by atoms with Crippen LogP contribution in [0.15, 0.2) is 24.3 Å². The molecule has 1 aromatic carbocycles. The molecule has 0 spiro atoms. The molecule has 1 rings (SSSR count). The first kappa shape index (κ1) is 9.74. The summed E-state index contributed by atoms with van der Waals surface area (Å²) in [5.74, 6) is 0. The van der Waals surface area contributed by atoms with E-state index >= 15 is 0 Å². The number of hydrogen-bond donors (Lipinski definition) is 0. The Bertz CT molecular complexity index is 213. The fraction of sp³-hybridized carbons (Fsp3) is 0.455. The summed E-state index contributed by atoms with van der Waals surface area (Å²) in [5, 5.41) is 1.47. The molecule has 66 valence electrons. The molecule has 0 nitrogen and oxygen atoms in total. The molecule has 0 radical (unpaired) electrons. The molecule has 0 aliphatic carbocycles. The van der Waals surface area contributed by atoms with Crippen molar-refractivity contribution < 1.29 is 0 Å². The molecule has 1 aromatic rings. The van der Waals surface area contributed by atoms with Crippen LogP contribution in [0.4, 0.5) is 0 Å². The summed E-state index contributed by atoms with van der Waals surface area (Å²) < 4.78 is 0. The van der Waals surface area contributed by atoms with Gasteiger partial charge in [-0.05, 0) is 30.4 Å². The van der Waals surface area contributed by atoms with E-state index in [-0.39, 0.29) is 0 Å². The first-order valence-corrected chi connectivity index (χ1v) is 6.13. The van der Waals surface area contributed by atoms with Crippen LogP contribution in [0.25, 0.3) is 0 Å². The molecule has 1 atom stereocenters. The van der Waals surface area contributed by atoms with Crippen molar-refractivity contribution in [3.8, 4) is 0 Å². The van der Waals surface area contributed by atoms with E-state index in [2.05, 4.69) is 37.9 Å². The third-order valence-corrected chi connectivity index (χ3v) is 2.97. The summed E-state index contributed by atoms with van der Waals surface area (Å²) in [5.41, 5.74) is 1.49. The molecule has 1 heteroatoms. The van der Waals surface area contributed by atoms with Gasteiger partial charge in [0.15, 0.2) is 0 Å². The van der Waals surface area contributed by atoms with Gasteiger partial charge in [0.2, 0.25) is 0 Å². The lowest BCUT2D eigenvalue weighted by Gasteiger charge is -2.00. The van der Waals surface area contributed by atoms with Crippen molar-refractivity contribution >= 4 is 13.9 Å². The highest BCUT2D eigenvalue weighted by molar-refractivity contribution is 7.46. The molecule has 12 heavy (non-hydrogen) atoms. The molecule has 0 saturated carbocycles. The summed E-state index contributed by atoms with van der Waals surface area (Å²) in [6, 6.07) is 9.04. The van der Waals surface area contributed by atoms with Gasteiger partial charge in [-0.3, -0.25) is 0 Å². The molecule has 1 unspecified atom stereocenters. The topological polar surface area (TPSA) is 0 Å². The molecule has 0 amide bonds. The first-order valence-electron chi connectivity index (χ1n) is 4.63. The maximum Gasteiger partial charge on any atom is -0.0274 e. The normalized spacial score (nSPS) is 11.2. The molecule has 0 fully saturated rings. The molecule has 0 aromatic heterocycles. The second-order valence-electron chi connectivity index (χ2n) is 3.05. The highest BCUT2D eigenvalue weighted by Gasteiger charge is 1.91. The minimum absolute atomic E-state index is 0.929. The standard InChI is InChI=1S/C11H17P/c1-3-4-5-10-6-8-11(12-2)9-7-10/h6-9,12H,3-5H2,1-2H3. The van der Waals surface area contributed by atoms with E-state index in [1.165, 1.54) is 30.1 Å². The van der Waals surface area contributed by atoms with E-state index < -0.39 is 0 Å². The van der Waals surface area contributed by atoms with E-state index in [0.717, 1.165) is 8.58 Å². The Kier molecular flexibility index (Phi) is 4.32. The lowest BCUT2D eigenvalue weighted by molar-refractivity contribution is 0.795. The van der Waals surface area contributed by atoms with Gasteiger partial charge in [-0.2, -0.15) is 0 Å². The van der Waals surface area contributed by atoms with Crippen molar-refractivity contribution in [2.24, 2.45) is 0 Å². The van der Waals surface area contributed by atoms with Crippen LogP contribution < -0.4 is 5.30 Å². The Hall–Kier alpha value is -0.350. The number of benzene rings is 1. The SMILES string of the molecule is CCCCc1ccc(PC)cc1. The zero-order valence-corrected chi connectivity index (χ0v) is 8.93. The number of aryl methyl sites for hydroxylation is 1. The van der Waals surface area contributed by atoms with Crippen LogP contribution in [0.5, 0.6) is 0 Å². The first-order chi connectivity index (χ1) is 5.86. The zero-order valence-electron chi connectivity index (χ0n) is 7.93. The number of hydrogen-bond acceptors (Lipinski definition) is 0. The number of rotatable bonds is 4. The molecular formula is C11H17P. The van der Waals surface area contributed by atoms with Crippen molar-refractivity contribution in [1.82, 2.24) is 0 Å². The minimum atomic E-state index is 0.929. The predicted molar refractivity (Wildman–Crippen MR) is 58.9 cm³/mol. The summed E-state index contributed by atoms with van der Waals surface area (Å²) >= 11 is 0. The highest BCUT2D eigenvalue weighted by atomic mass is 31.1. The quantitative estimate of drug-likeness (QED) is 0.625. The van der Waals surface area contributed by atoms with Gasteiger partial charge in [0.25, 0.3) is 0 Å². The van der Waals surface area contributed by atoms with Crippen LogP contribution in [0.2, 0.25) is 0 Å². The largest absolute Gasteiger partial charge is 0.0936 e. The Labute approximate surface area is 77.2 Å². The molecule has 0 heterocycles. The predicted octanol–water partition coefficient (Wildman–Crippen LogP) is 2.96. The van der Waals surface area contributed by atoms with Crippen LogP contribution in [0.3, 0.4) is 0 Å². The fourth-order valence-electron chi connectivity index (χ4n) is 1.22. The maximum atomic E-state index is 2.27. The molecule has 0 bridgehead atoms. The van der Waals surface area contributed by atoms with Crippen LogP contribution >= 0.6 is 8.58 Å². The van der Waals surface area contributed by atoms with Crippen LogP contribution in [-0.4, -0.2) is 6.66 Å². The van der Waals surface area contributed by atoms with Crippen molar-refractivity contribution in [1.29, 1.82) is 0 Å². The van der Waals surface area contributed by atoms with Crippen LogP contribution in [0, 0.1) is 0 Å². The average Bonchev–Trinajstić information content (AvgIpc) is 2.15. The molecule has 0 aliphatic heterocycles. The van der Waals surface area contributed by atoms with Gasteiger partial charge < -0.3 is 0 Å². The van der Waals surface area contributed by atoms with E-state index in [0.29, 0.717) is 0 Å². The molecular weight excluding hydrogens is 163 g/mol. The van der Waals surface area contributed by atoms with Crippen molar-refractivity contribution in [2.45, 2.75) is 26.2 Å². The second kappa shape index (κ2) is 5.32. The van der Waals surface area contributed by atoms with Gasteiger partial charge in [-0.25, -0.2) is 0 Å². The lowest BCUT2D eigenvalue weighted by atomic mass is 10.1. The van der Waals surface area contributed by atoms with Crippen LogP contribution in [0.1, 0.15) is 25.3 Å². The number of unbranched alkanes of at least 4 members (excludes halogenated alkanes) is 1. The van der Waals surface area contributed by atoms with Gasteiger partial charge >= 0.3 is 0 Å². The van der Waals surface area contributed by atoms with Gasteiger partial charge in [-0.15, -0.1) is 0 Å². The maximum absolute atomic E-state index is 2.27. The van der Waals surface area contributed by atoms with Gasteiger partial charge in [0.05, 0.1) is 0 Å². The average molecular weight is 180 g/mol. The van der Waals surface area contributed by atoms with Crippen molar-refractivity contribution in [3.05, 3.63) is 29.8 Å². The summed E-state index contributed by atoms with van der Waals surface area (Å²) in [6.07, 6.45) is 3.84. The minimum Gasteiger partial charge on any atom is -0.0936 e. The van der Waals surface area contributed by atoms with Gasteiger partial charge in [0.1, 0.15) is 0 Å². The molecule has 0 N–H and O–H groups in total. The third-order valence-electron chi connectivity index (χ3n) is 2.06. The van der Waals surface area contributed by atoms with E-state index in [1.807, 2.05) is 0 Å². The van der Waals surface area contributed by atoms with E-state index in [4.69, 9.17) is 0 Å². The van der Waals surface area contributed by atoms with Gasteiger partial charge in [-0.1, -0.05) is 46.2 Å². The Balaban J connectivity index is 2.53. The van der Waals surface area contributed by atoms with E-state index in [1.54, 1.807) is 0 Å². The molecule has 0 saturated heterocycles. The van der Waals surface area contributed by atoms with E-state index in [9.17, 15) is 0 Å². The monoisotopic (exact) mass is 180 g/mol. The molecule has 0 aliphatic rings. The van der Waals surface area contributed by atoms with Gasteiger partial charge in [0, 0.05) is 0 Å². The summed E-state index contributed by atoms with van der Waals surface area (Å²) in [7, 11) is 0.929. The summed E-state index contributed by atoms with van der Waals surface area (Å²) in [4.78, 5) is 0. The Morgan fingerprint density at radius 1 is 1.17 bits per heavy atom. The summed E-state index contributed by atoms with van der Waals surface area (Å²) in [6.45, 7) is 4.46. The highest BCUT2D eigenvalue weighted by Crippen LogP contribution is 2.07. The van der Waals surface area contributed by atoms with Crippen molar-refractivity contribution in [3.63, 3.8) is 0 Å².